The Kier molecular flexibility index (Phi) is 7.50. The maximum absolute atomic E-state index is 12.4. The van der Waals surface area contributed by atoms with Gasteiger partial charge in [0.15, 0.2) is 0 Å². The van der Waals surface area contributed by atoms with E-state index in [2.05, 4.69) is 26.1 Å². The lowest BCUT2D eigenvalue weighted by molar-refractivity contribution is 0.130. The molecule has 1 saturated carbocycles. The molecule has 0 aliphatic heterocycles. The second-order valence-corrected chi connectivity index (χ2v) is 6.69. The maximum Gasteiger partial charge on any atom is 0.317 e. The number of carbonyl (C=O) groups excluding carboxylic acids is 1. The smallest absolute Gasteiger partial charge is 0.317 e. The minimum absolute atomic E-state index is 0.0576. The first-order valence-electron chi connectivity index (χ1n) is 8.63. The summed E-state index contributed by atoms with van der Waals surface area (Å²) < 4.78 is 0. The van der Waals surface area contributed by atoms with Crippen LogP contribution in [0.25, 0.3) is 0 Å². The van der Waals surface area contributed by atoms with Gasteiger partial charge in [-0.15, -0.1) is 0 Å². The Morgan fingerprint density at radius 2 is 1.67 bits per heavy atom. The van der Waals surface area contributed by atoms with Crippen LogP contribution in [0, 0.1) is 11.3 Å². The highest BCUT2D eigenvalue weighted by atomic mass is 16.3. The number of urea groups is 1. The minimum atomic E-state index is 0.0576. The van der Waals surface area contributed by atoms with E-state index in [-0.39, 0.29) is 18.1 Å². The van der Waals surface area contributed by atoms with Gasteiger partial charge >= 0.3 is 6.03 Å². The zero-order valence-electron chi connectivity index (χ0n) is 14.3. The van der Waals surface area contributed by atoms with Gasteiger partial charge in [0.1, 0.15) is 0 Å². The predicted molar refractivity (Wildman–Crippen MR) is 87.3 cm³/mol. The molecule has 0 radical (unpaired) electrons. The van der Waals surface area contributed by atoms with Crippen molar-refractivity contribution in [3.63, 3.8) is 0 Å². The summed E-state index contributed by atoms with van der Waals surface area (Å²) in [4.78, 5) is 14.2. The van der Waals surface area contributed by atoms with Gasteiger partial charge in [-0.05, 0) is 56.3 Å². The van der Waals surface area contributed by atoms with Crippen LogP contribution < -0.4 is 5.32 Å². The molecule has 2 amide bonds. The summed E-state index contributed by atoms with van der Waals surface area (Å²) in [5, 5.41) is 12.3. The highest BCUT2D eigenvalue weighted by Crippen LogP contribution is 2.30. The second kappa shape index (κ2) is 8.62. The molecule has 21 heavy (non-hydrogen) atoms. The van der Waals surface area contributed by atoms with Crippen LogP contribution >= 0.6 is 0 Å². The lowest BCUT2D eigenvalue weighted by atomic mass is 9.80. The molecule has 0 aromatic carbocycles. The number of nitrogens with one attached hydrogen (secondary N) is 1. The standard InChI is InChI=1S/C17H34N2O2/c1-5-17(6-2,7-3)13-18-16(21)19(4)15-10-8-14(12-20)9-11-15/h14-15,20H,5-13H2,1-4H3,(H,18,21). The van der Waals surface area contributed by atoms with Crippen LogP contribution in [0.5, 0.6) is 0 Å². The number of rotatable bonds is 7. The van der Waals surface area contributed by atoms with Crippen LogP contribution in [0.2, 0.25) is 0 Å². The molecule has 0 unspecified atom stereocenters. The third-order valence-electron chi connectivity index (χ3n) is 5.81. The number of amides is 2. The molecule has 0 aromatic heterocycles. The first-order chi connectivity index (χ1) is 10.0. The van der Waals surface area contributed by atoms with Crippen molar-refractivity contribution in [1.29, 1.82) is 0 Å². The van der Waals surface area contributed by atoms with Crippen molar-refractivity contribution in [2.24, 2.45) is 11.3 Å². The molecule has 2 N–H and O–H groups in total. The molecule has 4 heteroatoms. The van der Waals surface area contributed by atoms with E-state index in [0.29, 0.717) is 12.0 Å². The van der Waals surface area contributed by atoms with Gasteiger partial charge in [-0.3, -0.25) is 0 Å². The van der Waals surface area contributed by atoms with Crippen LogP contribution in [0.4, 0.5) is 4.79 Å². The van der Waals surface area contributed by atoms with Crippen molar-refractivity contribution in [1.82, 2.24) is 10.2 Å². The van der Waals surface area contributed by atoms with E-state index in [1.165, 1.54) is 0 Å². The number of aliphatic hydroxyl groups excluding tert-OH is 1. The Morgan fingerprint density at radius 3 is 2.10 bits per heavy atom. The molecule has 0 heterocycles. The van der Waals surface area contributed by atoms with Gasteiger partial charge in [-0.25, -0.2) is 4.79 Å². The zero-order valence-corrected chi connectivity index (χ0v) is 14.3. The van der Waals surface area contributed by atoms with E-state index in [4.69, 9.17) is 0 Å². The quantitative estimate of drug-likeness (QED) is 0.757. The topological polar surface area (TPSA) is 52.6 Å². The minimum Gasteiger partial charge on any atom is -0.396 e. The molecule has 0 atom stereocenters. The molecule has 0 spiro atoms. The van der Waals surface area contributed by atoms with E-state index in [1.807, 2.05) is 11.9 Å². The third-order valence-corrected chi connectivity index (χ3v) is 5.81. The number of carbonyl (C=O) groups is 1. The third kappa shape index (κ3) is 4.87. The van der Waals surface area contributed by atoms with Crippen LogP contribution in [-0.2, 0) is 0 Å². The first kappa shape index (κ1) is 18.3. The highest BCUT2D eigenvalue weighted by molar-refractivity contribution is 5.74. The summed E-state index contributed by atoms with van der Waals surface area (Å²) in [6.07, 6.45) is 7.39. The summed E-state index contributed by atoms with van der Waals surface area (Å²) in [6, 6.07) is 0.384. The van der Waals surface area contributed by atoms with Gasteiger partial charge in [0.2, 0.25) is 0 Å². The van der Waals surface area contributed by atoms with Gasteiger partial charge in [0.25, 0.3) is 0 Å². The Hall–Kier alpha value is -0.770. The summed E-state index contributed by atoms with van der Waals surface area (Å²) in [5.41, 5.74) is 0.241. The number of aliphatic hydroxyl groups is 1. The average Bonchev–Trinajstić information content (AvgIpc) is 2.55. The zero-order chi connectivity index (χ0) is 15.9. The van der Waals surface area contributed by atoms with E-state index >= 15 is 0 Å². The summed E-state index contributed by atoms with van der Waals surface area (Å²) in [5.74, 6) is 0.436. The molecule has 0 aromatic rings. The van der Waals surface area contributed by atoms with Crippen molar-refractivity contribution in [3.05, 3.63) is 0 Å². The second-order valence-electron chi connectivity index (χ2n) is 6.69. The summed E-state index contributed by atoms with van der Waals surface area (Å²) in [6.45, 7) is 7.68. The van der Waals surface area contributed by atoms with Gasteiger partial charge in [0.05, 0.1) is 0 Å². The Labute approximate surface area is 130 Å². The van der Waals surface area contributed by atoms with Crippen LogP contribution in [0.1, 0.15) is 65.7 Å². The van der Waals surface area contributed by atoms with Gasteiger partial charge in [-0.1, -0.05) is 20.8 Å². The van der Waals surface area contributed by atoms with Crippen molar-refractivity contribution in [3.8, 4) is 0 Å². The largest absolute Gasteiger partial charge is 0.396 e. The van der Waals surface area contributed by atoms with Crippen molar-refractivity contribution in [2.75, 3.05) is 20.2 Å². The lowest BCUT2D eigenvalue weighted by Crippen LogP contribution is -2.48. The monoisotopic (exact) mass is 298 g/mol. The van der Waals surface area contributed by atoms with E-state index in [0.717, 1.165) is 51.5 Å². The molecule has 4 nitrogen and oxygen atoms in total. The number of nitrogens with zero attached hydrogens (tertiary/aromatic N) is 1. The SMILES string of the molecule is CCC(CC)(CC)CNC(=O)N(C)C1CCC(CO)CC1. The molecule has 1 rings (SSSR count). The van der Waals surface area contributed by atoms with Crippen molar-refractivity contribution >= 4 is 6.03 Å². The fourth-order valence-electron chi connectivity index (χ4n) is 3.39. The number of hydrogen-bond acceptors (Lipinski definition) is 2. The molecule has 1 aliphatic carbocycles. The average molecular weight is 298 g/mol. The summed E-state index contributed by atoms with van der Waals surface area (Å²) >= 11 is 0. The lowest BCUT2D eigenvalue weighted by Gasteiger charge is -2.36. The molecular weight excluding hydrogens is 264 g/mol. The predicted octanol–water partition coefficient (Wildman–Crippen LogP) is 3.40. The van der Waals surface area contributed by atoms with Crippen molar-refractivity contribution < 1.29 is 9.90 Å². The van der Waals surface area contributed by atoms with Crippen LogP contribution in [0.15, 0.2) is 0 Å². The fraction of sp³-hybridized carbons (Fsp3) is 0.941. The molecule has 0 saturated heterocycles. The molecule has 0 bridgehead atoms. The Bertz CT molecular complexity index is 300. The fourth-order valence-corrected chi connectivity index (χ4v) is 3.39. The highest BCUT2D eigenvalue weighted by Gasteiger charge is 2.28. The van der Waals surface area contributed by atoms with Gasteiger partial charge in [-0.2, -0.15) is 0 Å². The number of hydrogen-bond donors (Lipinski definition) is 2. The molecule has 124 valence electrons. The Balaban J connectivity index is 2.44. The first-order valence-corrected chi connectivity index (χ1v) is 8.63. The normalized spacial score (nSPS) is 22.9. The molecular formula is C17H34N2O2. The van der Waals surface area contributed by atoms with Crippen LogP contribution in [-0.4, -0.2) is 42.3 Å². The molecule has 1 aliphatic rings. The summed E-state index contributed by atoms with van der Waals surface area (Å²) in [7, 11) is 1.91. The van der Waals surface area contributed by atoms with Gasteiger partial charge in [0, 0.05) is 26.2 Å². The Morgan fingerprint density at radius 1 is 1.14 bits per heavy atom. The van der Waals surface area contributed by atoms with Crippen molar-refractivity contribution in [2.45, 2.75) is 71.8 Å². The van der Waals surface area contributed by atoms with E-state index in [1.54, 1.807) is 0 Å². The van der Waals surface area contributed by atoms with Gasteiger partial charge < -0.3 is 15.3 Å². The van der Waals surface area contributed by atoms with E-state index < -0.39 is 0 Å². The molecule has 1 fully saturated rings. The maximum atomic E-state index is 12.4. The van der Waals surface area contributed by atoms with Crippen LogP contribution in [0.3, 0.4) is 0 Å². The van der Waals surface area contributed by atoms with E-state index in [9.17, 15) is 9.90 Å².